The normalized spacial score (nSPS) is 11.0. The average molecular weight is 490 g/mol. The molecule has 0 aromatic heterocycles. The van der Waals surface area contributed by atoms with Gasteiger partial charge in [-0.15, -0.1) is 0 Å². The highest BCUT2D eigenvalue weighted by Gasteiger charge is 2.18. The molecule has 3 aromatic rings. The van der Waals surface area contributed by atoms with Crippen molar-refractivity contribution in [3.05, 3.63) is 94.3 Å². The van der Waals surface area contributed by atoms with Gasteiger partial charge in [0, 0.05) is 24.3 Å². The van der Waals surface area contributed by atoms with Crippen LogP contribution in [0.2, 0.25) is 5.02 Å². The number of sulfonamides is 1. The van der Waals surface area contributed by atoms with Gasteiger partial charge < -0.3 is 10.6 Å². The Balaban J connectivity index is 1.62. The quantitative estimate of drug-likeness (QED) is 0.419. The molecule has 0 heterocycles. The molecule has 0 fully saturated rings. The van der Waals surface area contributed by atoms with Crippen molar-refractivity contribution in [2.75, 3.05) is 17.8 Å². The summed E-state index contributed by atoms with van der Waals surface area (Å²) in [5, 5.41) is 5.63. The molecule has 172 valence electrons. The summed E-state index contributed by atoms with van der Waals surface area (Å²) >= 11 is 5.99. The van der Waals surface area contributed by atoms with E-state index in [1.807, 2.05) is 0 Å². The number of anilines is 1. The molecule has 0 saturated heterocycles. The number of hydrogen-bond acceptors (Lipinski definition) is 4. The van der Waals surface area contributed by atoms with Crippen LogP contribution >= 0.6 is 11.6 Å². The number of carbonyl (C=O) groups excluding carboxylic acids is 2. The first kappa shape index (κ1) is 24.2. The van der Waals surface area contributed by atoms with E-state index in [9.17, 15) is 22.4 Å². The van der Waals surface area contributed by atoms with E-state index in [0.29, 0.717) is 16.1 Å². The number of nitrogens with one attached hydrogen (secondary N) is 3. The minimum atomic E-state index is -3.99. The number of halogens is 2. The summed E-state index contributed by atoms with van der Waals surface area (Å²) in [5.74, 6) is -1.35. The van der Waals surface area contributed by atoms with Gasteiger partial charge in [0.2, 0.25) is 0 Å². The molecular formula is C23H21ClFN3O4S. The molecule has 10 heteroatoms. The van der Waals surface area contributed by atoms with E-state index in [1.54, 1.807) is 31.2 Å². The maximum Gasteiger partial charge on any atom is 0.261 e. The molecule has 0 atom stereocenters. The van der Waals surface area contributed by atoms with E-state index in [4.69, 9.17) is 11.6 Å². The zero-order chi connectivity index (χ0) is 24.0. The Labute approximate surface area is 196 Å². The Kier molecular flexibility index (Phi) is 7.67. The highest BCUT2D eigenvalue weighted by Crippen LogP contribution is 2.20. The first-order valence-electron chi connectivity index (χ1n) is 9.87. The molecule has 2 amide bonds. The summed E-state index contributed by atoms with van der Waals surface area (Å²) < 4.78 is 40.8. The summed E-state index contributed by atoms with van der Waals surface area (Å²) in [6, 6.07) is 15.6. The standard InChI is InChI=1S/C23H21ClFN3O4S/c1-15-6-11-18(33(31,32)28-17-9-7-16(25)8-10-17)14-20(15)23(30)27-13-12-26-22(29)19-4-2-3-5-21(19)24/h2-11,14,28H,12-13H2,1H3,(H,26,29)(H,27,30). The molecule has 33 heavy (non-hydrogen) atoms. The third kappa shape index (κ3) is 6.30. The predicted molar refractivity (Wildman–Crippen MR) is 125 cm³/mol. The van der Waals surface area contributed by atoms with E-state index in [-0.39, 0.29) is 35.1 Å². The van der Waals surface area contributed by atoms with E-state index >= 15 is 0 Å². The molecule has 0 unspecified atom stereocenters. The molecule has 7 nitrogen and oxygen atoms in total. The summed E-state index contributed by atoms with van der Waals surface area (Å²) in [6.45, 7) is 1.95. The van der Waals surface area contributed by atoms with Crippen LogP contribution in [-0.4, -0.2) is 33.3 Å². The fraction of sp³-hybridized carbons (Fsp3) is 0.130. The minimum absolute atomic E-state index is 0.116. The Bertz CT molecular complexity index is 1280. The van der Waals surface area contributed by atoms with Gasteiger partial charge >= 0.3 is 0 Å². The van der Waals surface area contributed by atoms with Gasteiger partial charge in [-0.3, -0.25) is 14.3 Å². The van der Waals surface area contributed by atoms with Crippen LogP contribution in [-0.2, 0) is 10.0 Å². The SMILES string of the molecule is Cc1ccc(S(=O)(=O)Nc2ccc(F)cc2)cc1C(=O)NCCNC(=O)c1ccccc1Cl. The van der Waals surface area contributed by atoms with E-state index in [1.165, 1.54) is 30.3 Å². The number of rotatable bonds is 8. The van der Waals surface area contributed by atoms with E-state index in [0.717, 1.165) is 12.1 Å². The summed E-state index contributed by atoms with van der Waals surface area (Å²) in [5.41, 5.74) is 1.27. The lowest BCUT2D eigenvalue weighted by atomic mass is 10.1. The first-order chi connectivity index (χ1) is 15.7. The largest absolute Gasteiger partial charge is 0.350 e. The van der Waals surface area contributed by atoms with Crippen molar-refractivity contribution < 1.29 is 22.4 Å². The molecule has 0 aliphatic rings. The van der Waals surface area contributed by atoms with Crippen molar-refractivity contribution in [1.82, 2.24) is 10.6 Å². The van der Waals surface area contributed by atoms with Crippen molar-refractivity contribution in [2.24, 2.45) is 0 Å². The van der Waals surface area contributed by atoms with Crippen molar-refractivity contribution in [3.8, 4) is 0 Å². The smallest absolute Gasteiger partial charge is 0.261 e. The van der Waals surface area contributed by atoms with Crippen LogP contribution < -0.4 is 15.4 Å². The van der Waals surface area contributed by atoms with Gasteiger partial charge in [-0.05, 0) is 61.0 Å². The summed E-state index contributed by atoms with van der Waals surface area (Å²) in [4.78, 5) is 24.6. The maximum absolute atomic E-state index is 13.1. The maximum atomic E-state index is 13.1. The third-order valence-electron chi connectivity index (χ3n) is 4.67. The number of aryl methyl sites for hydroxylation is 1. The molecule has 0 aliphatic heterocycles. The molecule has 3 aromatic carbocycles. The molecular weight excluding hydrogens is 469 g/mol. The lowest BCUT2D eigenvalue weighted by molar-refractivity contribution is 0.0927. The van der Waals surface area contributed by atoms with Crippen LogP contribution in [0.3, 0.4) is 0 Å². The molecule has 0 radical (unpaired) electrons. The Hall–Kier alpha value is -3.43. The van der Waals surface area contributed by atoms with Crippen LogP contribution in [0.15, 0.2) is 71.6 Å². The zero-order valence-corrected chi connectivity index (χ0v) is 19.1. The Morgan fingerprint density at radius 2 is 1.48 bits per heavy atom. The first-order valence-corrected chi connectivity index (χ1v) is 11.7. The highest BCUT2D eigenvalue weighted by molar-refractivity contribution is 7.92. The average Bonchev–Trinajstić information content (AvgIpc) is 2.78. The molecule has 0 spiro atoms. The second-order valence-corrected chi connectivity index (χ2v) is 9.17. The van der Waals surface area contributed by atoms with Gasteiger partial charge in [0.05, 0.1) is 15.5 Å². The van der Waals surface area contributed by atoms with Gasteiger partial charge in [-0.1, -0.05) is 29.8 Å². The van der Waals surface area contributed by atoms with Crippen molar-refractivity contribution in [1.29, 1.82) is 0 Å². The van der Waals surface area contributed by atoms with Crippen LogP contribution in [0.5, 0.6) is 0 Å². The lowest BCUT2D eigenvalue weighted by Gasteiger charge is -2.12. The van der Waals surface area contributed by atoms with Crippen LogP contribution in [0, 0.1) is 12.7 Å². The highest BCUT2D eigenvalue weighted by atomic mass is 35.5. The van der Waals surface area contributed by atoms with Crippen LogP contribution in [0.1, 0.15) is 26.3 Å². The zero-order valence-electron chi connectivity index (χ0n) is 17.6. The number of carbonyl (C=O) groups is 2. The fourth-order valence-corrected chi connectivity index (χ4v) is 4.24. The van der Waals surface area contributed by atoms with Crippen LogP contribution in [0.25, 0.3) is 0 Å². The molecule has 0 aliphatic carbocycles. The van der Waals surface area contributed by atoms with Gasteiger partial charge in [-0.2, -0.15) is 0 Å². The summed E-state index contributed by atoms with van der Waals surface area (Å²) in [7, 11) is -3.99. The van der Waals surface area contributed by atoms with E-state index < -0.39 is 21.7 Å². The van der Waals surface area contributed by atoms with Crippen molar-refractivity contribution in [3.63, 3.8) is 0 Å². The molecule has 0 bridgehead atoms. The lowest BCUT2D eigenvalue weighted by Crippen LogP contribution is -2.35. The predicted octanol–water partition coefficient (Wildman–Crippen LogP) is 3.75. The Morgan fingerprint density at radius 3 is 2.12 bits per heavy atom. The molecule has 3 rings (SSSR count). The second-order valence-electron chi connectivity index (χ2n) is 7.08. The molecule has 3 N–H and O–H groups in total. The number of amides is 2. The van der Waals surface area contributed by atoms with E-state index in [2.05, 4.69) is 15.4 Å². The van der Waals surface area contributed by atoms with Gasteiger partial charge in [-0.25, -0.2) is 12.8 Å². The van der Waals surface area contributed by atoms with Crippen molar-refractivity contribution >= 4 is 39.1 Å². The van der Waals surface area contributed by atoms with Crippen molar-refractivity contribution in [2.45, 2.75) is 11.8 Å². The Morgan fingerprint density at radius 1 is 0.879 bits per heavy atom. The molecule has 0 saturated carbocycles. The number of hydrogen-bond donors (Lipinski definition) is 3. The van der Waals surface area contributed by atoms with Gasteiger partial charge in [0.15, 0.2) is 0 Å². The summed E-state index contributed by atoms with van der Waals surface area (Å²) in [6.07, 6.45) is 0. The number of benzene rings is 3. The second kappa shape index (κ2) is 10.5. The van der Waals surface area contributed by atoms with Gasteiger partial charge in [0.25, 0.3) is 21.8 Å². The fourth-order valence-electron chi connectivity index (χ4n) is 2.93. The monoisotopic (exact) mass is 489 g/mol. The minimum Gasteiger partial charge on any atom is -0.350 e. The van der Waals surface area contributed by atoms with Crippen LogP contribution in [0.4, 0.5) is 10.1 Å². The van der Waals surface area contributed by atoms with Gasteiger partial charge in [0.1, 0.15) is 5.82 Å². The topological polar surface area (TPSA) is 104 Å². The third-order valence-corrected chi connectivity index (χ3v) is 6.38.